The van der Waals surface area contributed by atoms with Crippen molar-refractivity contribution in [3.05, 3.63) is 47.7 Å². The van der Waals surface area contributed by atoms with E-state index in [9.17, 15) is 4.79 Å². The highest BCUT2D eigenvalue weighted by molar-refractivity contribution is 5.74. The van der Waals surface area contributed by atoms with Crippen LogP contribution in [0.25, 0.3) is 11.3 Å². The van der Waals surface area contributed by atoms with E-state index < -0.39 is 5.60 Å². The molecular formula is C19H23N3O2. The van der Waals surface area contributed by atoms with E-state index >= 15 is 0 Å². The molecular weight excluding hydrogens is 302 g/mol. The van der Waals surface area contributed by atoms with Crippen LogP contribution in [0.4, 0.5) is 10.5 Å². The Kier molecular flexibility index (Phi) is 4.18. The summed E-state index contributed by atoms with van der Waals surface area (Å²) in [7, 11) is 0. The number of nitrogens with zero attached hydrogens (tertiary/aromatic N) is 2. The summed E-state index contributed by atoms with van der Waals surface area (Å²) in [4.78, 5) is 18.7. The molecule has 1 aliphatic heterocycles. The first-order chi connectivity index (χ1) is 11.3. The van der Waals surface area contributed by atoms with Crippen LogP contribution in [0.5, 0.6) is 0 Å². The maximum absolute atomic E-state index is 12.2. The number of anilines is 1. The number of aromatic nitrogens is 1. The number of hydrogen-bond acceptors (Lipinski definition) is 4. The molecule has 0 bridgehead atoms. The van der Waals surface area contributed by atoms with Gasteiger partial charge >= 0.3 is 6.09 Å². The molecule has 5 nitrogen and oxygen atoms in total. The van der Waals surface area contributed by atoms with Gasteiger partial charge in [-0.3, -0.25) is 4.98 Å². The van der Waals surface area contributed by atoms with Gasteiger partial charge in [-0.05, 0) is 32.4 Å². The van der Waals surface area contributed by atoms with E-state index in [-0.39, 0.29) is 6.09 Å². The Morgan fingerprint density at radius 3 is 2.62 bits per heavy atom. The van der Waals surface area contributed by atoms with Crippen molar-refractivity contribution in [1.29, 1.82) is 0 Å². The summed E-state index contributed by atoms with van der Waals surface area (Å²) < 4.78 is 5.45. The minimum Gasteiger partial charge on any atom is -0.444 e. The topological polar surface area (TPSA) is 68.5 Å². The molecule has 2 aromatic rings. The van der Waals surface area contributed by atoms with Crippen molar-refractivity contribution >= 4 is 11.8 Å². The second-order valence-corrected chi connectivity index (χ2v) is 7.05. The number of fused-ring (bicyclic) bond motifs is 1. The summed E-state index contributed by atoms with van der Waals surface area (Å²) in [6.45, 7) is 6.70. The molecule has 1 aliphatic rings. The Morgan fingerprint density at radius 1 is 1.25 bits per heavy atom. The number of carbonyl (C=O) groups is 1. The second kappa shape index (κ2) is 6.15. The van der Waals surface area contributed by atoms with E-state index in [4.69, 9.17) is 15.5 Å². The molecule has 0 atom stereocenters. The van der Waals surface area contributed by atoms with Gasteiger partial charge in [0.1, 0.15) is 5.60 Å². The third-order valence-corrected chi connectivity index (χ3v) is 3.90. The molecule has 126 valence electrons. The lowest BCUT2D eigenvalue weighted by atomic mass is 10.0. The molecule has 24 heavy (non-hydrogen) atoms. The molecule has 0 unspecified atom stereocenters. The third kappa shape index (κ3) is 3.50. The first-order valence-electron chi connectivity index (χ1n) is 8.15. The molecule has 0 aliphatic carbocycles. The molecule has 0 spiro atoms. The number of carbonyl (C=O) groups excluding carboxylic acids is 1. The number of nitrogens with two attached hydrogens (primary N) is 1. The molecule has 1 aromatic heterocycles. The normalized spacial score (nSPS) is 14.2. The predicted molar refractivity (Wildman–Crippen MR) is 94.4 cm³/mol. The quantitative estimate of drug-likeness (QED) is 0.869. The molecule has 1 aromatic carbocycles. The van der Waals surface area contributed by atoms with Crippen molar-refractivity contribution < 1.29 is 9.53 Å². The number of rotatable bonds is 1. The van der Waals surface area contributed by atoms with Crippen molar-refractivity contribution in [2.45, 2.75) is 39.3 Å². The van der Waals surface area contributed by atoms with Crippen LogP contribution in [0.15, 0.2) is 36.4 Å². The number of nitrogen functional groups attached to an aromatic ring is 1. The Bertz CT molecular complexity index is 751. The summed E-state index contributed by atoms with van der Waals surface area (Å²) in [6.07, 6.45) is 0.410. The molecule has 3 rings (SSSR count). The molecule has 1 amide bonds. The van der Waals surface area contributed by atoms with E-state index in [1.807, 2.05) is 57.2 Å². The van der Waals surface area contributed by atoms with Crippen molar-refractivity contribution in [3.8, 4) is 11.3 Å². The number of amides is 1. The van der Waals surface area contributed by atoms with E-state index in [1.165, 1.54) is 0 Å². The maximum Gasteiger partial charge on any atom is 0.410 e. The van der Waals surface area contributed by atoms with E-state index in [0.29, 0.717) is 25.2 Å². The second-order valence-electron chi connectivity index (χ2n) is 7.05. The largest absolute Gasteiger partial charge is 0.444 e. The molecule has 2 N–H and O–H groups in total. The van der Waals surface area contributed by atoms with Crippen LogP contribution in [0.3, 0.4) is 0 Å². The molecule has 5 heteroatoms. The number of ether oxygens (including phenoxy) is 1. The van der Waals surface area contributed by atoms with Gasteiger partial charge in [-0.2, -0.15) is 0 Å². The van der Waals surface area contributed by atoms with Crippen molar-refractivity contribution in [2.75, 3.05) is 12.3 Å². The smallest absolute Gasteiger partial charge is 0.410 e. The fraction of sp³-hybridized carbons (Fsp3) is 0.368. The molecule has 0 fully saturated rings. The van der Waals surface area contributed by atoms with Crippen LogP contribution < -0.4 is 5.73 Å². The molecule has 0 saturated carbocycles. The standard InChI is InChI=1S/C19H23N3O2/c1-19(2,3)24-18(23)22-10-9-16-14(12-22)11-15(20)17(21-16)13-7-5-4-6-8-13/h4-8,11H,9-10,12,20H2,1-3H3. The van der Waals surface area contributed by atoms with Gasteiger partial charge in [0.15, 0.2) is 0 Å². The van der Waals surface area contributed by atoms with Crippen LogP contribution in [0.1, 0.15) is 32.0 Å². The molecule has 0 saturated heterocycles. The van der Waals surface area contributed by atoms with Crippen molar-refractivity contribution in [3.63, 3.8) is 0 Å². The van der Waals surface area contributed by atoms with Crippen LogP contribution >= 0.6 is 0 Å². The lowest BCUT2D eigenvalue weighted by Crippen LogP contribution is -2.40. The summed E-state index contributed by atoms with van der Waals surface area (Å²) in [5, 5.41) is 0. The Labute approximate surface area is 142 Å². The lowest BCUT2D eigenvalue weighted by Gasteiger charge is -2.31. The zero-order valence-corrected chi connectivity index (χ0v) is 14.4. The average molecular weight is 325 g/mol. The monoisotopic (exact) mass is 325 g/mol. The number of hydrogen-bond donors (Lipinski definition) is 1. The fourth-order valence-corrected chi connectivity index (χ4v) is 2.80. The van der Waals surface area contributed by atoms with Gasteiger partial charge in [0.25, 0.3) is 0 Å². The Morgan fingerprint density at radius 2 is 1.96 bits per heavy atom. The summed E-state index contributed by atoms with van der Waals surface area (Å²) in [5.41, 5.74) is 10.1. The van der Waals surface area contributed by atoms with E-state index in [1.54, 1.807) is 4.90 Å². The highest BCUT2D eigenvalue weighted by Gasteiger charge is 2.27. The van der Waals surface area contributed by atoms with Crippen molar-refractivity contribution in [2.24, 2.45) is 0 Å². The summed E-state index contributed by atoms with van der Waals surface area (Å²) in [6, 6.07) is 11.8. The van der Waals surface area contributed by atoms with E-state index in [2.05, 4.69) is 0 Å². The van der Waals surface area contributed by atoms with Crippen LogP contribution in [0.2, 0.25) is 0 Å². The van der Waals surface area contributed by atoms with Gasteiger partial charge in [0.2, 0.25) is 0 Å². The summed E-state index contributed by atoms with van der Waals surface area (Å²) in [5.74, 6) is 0. The van der Waals surface area contributed by atoms with Crippen molar-refractivity contribution in [1.82, 2.24) is 9.88 Å². The first kappa shape index (κ1) is 16.3. The SMILES string of the molecule is CC(C)(C)OC(=O)N1CCc2nc(-c3ccccc3)c(N)cc2C1. The fourth-order valence-electron chi connectivity index (χ4n) is 2.80. The predicted octanol–water partition coefficient (Wildman–Crippen LogP) is 3.62. The van der Waals surface area contributed by atoms with Crippen LogP contribution in [-0.4, -0.2) is 28.1 Å². The van der Waals surface area contributed by atoms with Gasteiger partial charge in [0.05, 0.1) is 17.9 Å². The summed E-state index contributed by atoms with van der Waals surface area (Å²) >= 11 is 0. The van der Waals surface area contributed by atoms with Gasteiger partial charge in [-0.25, -0.2) is 4.79 Å². The minimum atomic E-state index is -0.494. The van der Waals surface area contributed by atoms with E-state index in [0.717, 1.165) is 22.5 Å². The number of benzene rings is 1. The van der Waals surface area contributed by atoms with Gasteiger partial charge in [0, 0.05) is 24.2 Å². The number of pyridine rings is 1. The third-order valence-electron chi connectivity index (χ3n) is 3.90. The van der Waals surface area contributed by atoms with Gasteiger partial charge in [-0.1, -0.05) is 30.3 Å². The van der Waals surface area contributed by atoms with Crippen LogP contribution in [0, 0.1) is 0 Å². The Balaban J connectivity index is 1.84. The highest BCUT2D eigenvalue weighted by atomic mass is 16.6. The lowest BCUT2D eigenvalue weighted by molar-refractivity contribution is 0.0223. The van der Waals surface area contributed by atoms with Gasteiger partial charge in [-0.15, -0.1) is 0 Å². The first-order valence-corrected chi connectivity index (χ1v) is 8.15. The Hall–Kier alpha value is -2.56. The minimum absolute atomic E-state index is 0.293. The van der Waals surface area contributed by atoms with Gasteiger partial charge < -0.3 is 15.4 Å². The van der Waals surface area contributed by atoms with Crippen LogP contribution in [-0.2, 0) is 17.7 Å². The highest BCUT2D eigenvalue weighted by Crippen LogP contribution is 2.29. The zero-order chi connectivity index (χ0) is 17.3. The maximum atomic E-state index is 12.2. The molecule has 0 radical (unpaired) electrons. The zero-order valence-electron chi connectivity index (χ0n) is 14.4. The molecule has 2 heterocycles. The average Bonchev–Trinajstić information content (AvgIpc) is 2.53.